The first kappa shape index (κ1) is 24.2. The molecule has 0 rings (SSSR count). The normalized spacial score (nSPS) is 14.7. The zero-order valence-electron chi connectivity index (χ0n) is 17.1. The summed E-state index contributed by atoms with van der Waals surface area (Å²) >= 11 is 0. The molecule has 0 aliphatic rings. The highest BCUT2D eigenvalue weighted by molar-refractivity contribution is 7.61. The third-order valence-corrected chi connectivity index (χ3v) is 7.46. The lowest BCUT2D eigenvalue weighted by atomic mass is 10.0. The highest BCUT2D eigenvalue weighted by atomic mass is 31.2. The van der Waals surface area contributed by atoms with E-state index in [0.29, 0.717) is 6.61 Å². The van der Waals surface area contributed by atoms with Crippen molar-refractivity contribution in [2.75, 3.05) is 6.61 Å². The minimum atomic E-state index is -2.71. The Labute approximate surface area is 153 Å². The van der Waals surface area contributed by atoms with E-state index in [0.717, 1.165) is 6.42 Å². The van der Waals surface area contributed by atoms with E-state index in [9.17, 15) is 4.57 Å². The van der Waals surface area contributed by atoms with Crippen molar-refractivity contribution >= 4 is 7.37 Å². The third kappa shape index (κ3) is 13.5. The Morgan fingerprint density at radius 2 is 1.04 bits per heavy atom. The minimum absolute atomic E-state index is 0.344. The highest BCUT2D eigenvalue weighted by Gasteiger charge is 2.25. The molecule has 146 valence electrons. The van der Waals surface area contributed by atoms with Crippen LogP contribution in [-0.2, 0) is 9.09 Å². The quantitative estimate of drug-likeness (QED) is 0.157. The molecular formula is C21H44O2P-. The van der Waals surface area contributed by atoms with E-state index in [1.54, 1.807) is 0 Å². The lowest BCUT2D eigenvalue weighted by Crippen LogP contribution is -2.15. The molecule has 0 bridgehead atoms. The van der Waals surface area contributed by atoms with Crippen LogP contribution in [0, 0.1) is 6.66 Å². The van der Waals surface area contributed by atoms with Crippen molar-refractivity contribution in [2.24, 2.45) is 0 Å². The number of hydrogen-bond donors (Lipinski definition) is 0. The van der Waals surface area contributed by atoms with Crippen LogP contribution in [0.15, 0.2) is 0 Å². The van der Waals surface area contributed by atoms with Crippen LogP contribution in [0.25, 0.3) is 0 Å². The zero-order chi connectivity index (χ0) is 18.3. The van der Waals surface area contributed by atoms with Crippen molar-refractivity contribution < 1.29 is 9.09 Å². The van der Waals surface area contributed by atoms with E-state index < -0.39 is 7.37 Å². The van der Waals surface area contributed by atoms with Gasteiger partial charge < -0.3 is 9.09 Å². The second-order valence-electron chi connectivity index (χ2n) is 8.27. The van der Waals surface area contributed by atoms with Crippen molar-refractivity contribution in [3.05, 3.63) is 6.66 Å². The van der Waals surface area contributed by atoms with Crippen LogP contribution in [0.1, 0.15) is 118 Å². The first-order valence-electron chi connectivity index (χ1n) is 10.4. The fourth-order valence-corrected chi connectivity index (χ4v) is 3.51. The van der Waals surface area contributed by atoms with E-state index in [1.165, 1.54) is 83.5 Å². The summed E-state index contributed by atoms with van der Waals surface area (Å²) in [6.45, 7) is 12.5. The van der Waals surface area contributed by atoms with Gasteiger partial charge in [-0.25, -0.2) is 0 Å². The molecule has 0 aromatic heterocycles. The maximum atomic E-state index is 12.2. The third-order valence-electron chi connectivity index (χ3n) is 4.82. The second kappa shape index (κ2) is 14.4. The maximum Gasteiger partial charge on any atom is 0.0704 e. The summed E-state index contributed by atoms with van der Waals surface area (Å²) in [5.74, 6) is 0. The Kier molecular flexibility index (Phi) is 14.5. The smallest absolute Gasteiger partial charge is 0.0704 e. The predicted octanol–water partition coefficient (Wildman–Crippen LogP) is 8.35. The van der Waals surface area contributed by atoms with Crippen LogP contribution in [-0.4, -0.2) is 11.8 Å². The van der Waals surface area contributed by atoms with E-state index >= 15 is 0 Å². The molecule has 1 atom stereocenters. The van der Waals surface area contributed by atoms with Crippen molar-refractivity contribution in [1.82, 2.24) is 0 Å². The second-order valence-corrected chi connectivity index (χ2v) is 11.2. The van der Waals surface area contributed by atoms with Gasteiger partial charge in [-0.2, -0.15) is 0 Å². The van der Waals surface area contributed by atoms with Crippen LogP contribution < -0.4 is 0 Å². The molecule has 0 amide bonds. The van der Waals surface area contributed by atoms with Crippen LogP contribution >= 0.6 is 7.37 Å². The van der Waals surface area contributed by atoms with E-state index in [-0.39, 0.29) is 5.16 Å². The number of rotatable bonds is 16. The van der Waals surface area contributed by atoms with Crippen LogP contribution in [0.3, 0.4) is 0 Å². The summed E-state index contributed by atoms with van der Waals surface area (Å²) in [5, 5.41) is -0.344. The molecule has 0 radical (unpaired) electrons. The summed E-state index contributed by atoms with van der Waals surface area (Å²) in [4.78, 5) is 0. The molecule has 0 saturated heterocycles. The Morgan fingerprint density at radius 3 is 1.38 bits per heavy atom. The van der Waals surface area contributed by atoms with Gasteiger partial charge in [0.05, 0.1) is 14.0 Å². The summed E-state index contributed by atoms with van der Waals surface area (Å²) < 4.78 is 17.8. The first-order valence-corrected chi connectivity index (χ1v) is 12.2. The molecule has 0 saturated carbocycles. The molecule has 2 nitrogen and oxygen atoms in total. The largest absolute Gasteiger partial charge is 0.352 e. The average molecular weight is 360 g/mol. The monoisotopic (exact) mass is 359 g/mol. The summed E-state index contributed by atoms with van der Waals surface area (Å²) in [6.07, 6.45) is 18.9. The Bertz CT molecular complexity index is 320. The zero-order valence-corrected chi connectivity index (χ0v) is 18.0. The van der Waals surface area contributed by atoms with Gasteiger partial charge in [-0.15, -0.1) is 0 Å². The van der Waals surface area contributed by atoms with Gasteiger partial charge in [-0.3, -0.25) is 6.66 Å². The standard InChI is InChI=1S/C21H44O2P/c1-6-7-8-9-10-11-12-13-14-15-16-17-18-19-20-23-24(5,22)21(2,3)4/h5-20H2,1-4H3/q-1. The average Bonchev–Trinajstić information content (AvgIpc) is 2.50. The fraction of sp³-hybridized carbons (Fsp3) is 0.952. The summed E-state index contributed by atoms with van der Waals surface area (Å²) in [6, 6.07) is 0. The lowest BCUT2D eigenvalue weighted by molar-refractivity contribution is 0.294. The van der Waals surface area contributed by atoms with Crippen molar-refractivity contribution in [1.29, 1.82) is 0 Å². The van der Waals surface area contributed by atoms with E-state index in [2.05, 4.69) is 13.6 Å². The van der Waals surface area contributed by atoms with Crippen molar-refractivity contribution in [2.45, 2.75) is 123 Å². The highest BCUT2D eigenvalue weighted by Crippen LogP contribution is 2.57. The van der Waals surface area contributed by atoms with Crippen LogP contribution in [0.5, 0.6) is 0 Å². The Morgan fingerprint density at radius 1 is 0.708 bits per heavy atom. The molecule has 0 heterocycles. The molecule has 0 fully saturated rings. The van der Waals surface area contributed by atoms with Gasteiger partial charge in [0.25, 0.3) is 0 Å². The van der Waals surface area contributed by atoms with Crippen LogP contribution in [0.4, 0.5) is 0 Å². The van der Waals surface area contributed by atoms with E-state index in [4.69, 9.17) is 4.52 Å². The fourth-order valence-electron chi connectivity index (χ4n) is 2.70. The molecule has 0 spiro atoms. The van der Waals surface area contributed by atoms with Gasteiger partial charge in [-0.05, 0) is 6.42 Å². The van der Waals surface area contributed by atoms with Gasteiger partial charge >= 0.3 is 0 Å². The molecule has 0 N–H and O–H groups in total. The van der Waals surface area contributed by atoms with Crippen LogP contribution in [0.2, 0.25) is 0 Å². The predicted molar refractivity (Wildman–Crippen MR) is 109 cm³/mol. The van der Waals surface area contributed by atoms with Gasteiger partial charge in [-0.1, -0.05) is 111 Å². The molecule has 0 aliphatic carbocycles. The van der Waals surface area contributed by atoms with Gasteiger partial charge in [0.1, 0.15) is 0 Å². The van der Waals surface area contributed by atoms with Gasteiger partial charge in [0.15, 0.2) is 0 Å². The molecule has 0 aromatic rings. The van der Waals surface area contributed by atoms with E-state index in [1.807, 2.05) is 20.8 Å². The first-order chi connectivity index (χ1) is 11.3. The molecule has 0 aliphatic heterocycles. The Hall–Kier alpha value is 0.190. The minimum Gasteiger partial charge on any atom is -0.352 e. The number of hydrogen-bond acceptors (Lipinski definition) is 2. The summed E-state index contributed by atoms with van der Waals surface area (Å²) in [7, 11) is -2.71. The SMILES string of the molecule is [CH2-]P(=O)(OCCCCCCCCCCCCCCCC)C(C)(C)C. The van der Waals surface area contributed by atoms with Gasteiger partial charge in [0.2, 0.25) is 0 Å². The lowest BCUT2D eigenvalue weighted by Gasteiger charge is -2.33. The van der Waals surface area contributed by atoms with Crippen molar-refractivity contribution in [3.8, 4) is 0 Å². The van der Waals surface area contributed by atoms with Crippen molar-refractivity contribution in [3.63, 3.8) is 0 Å². The molecule has 24 heavy (non-hydrogen) atoms. The number of unbranched alkanes of at least 4 members (excludes halogenated alkanes) is 13. The Balaban J connectivity index is 3.25. The topological polar surface area (TPSA) is 26.3 Å². The summed E-state index contributed by atoms with van der Waals surface area (Å²) in [5.41, 5.74) is 0. The molecule has 3 heteroatoms. The molecule has 0 aromatic carbocycles. The molecule has 1 unspecified atom stereocenters. The van der Waals surface area contributed by atoms with Gasteiger partial charge in [0, 0.05) is 5.16 Å². The maximum absolute atomic E-state index is 12.2. The molecular weight excluding hydrogens is 315 g/mol.